The quantitative estimate of drug-likeness (QED) is 0.791. The molecular weight excluding hydrogens is 292 g/mol. The Morgan fingerprint density at radius 1 is 1.00 bits per heavy atom. The molecular formula is C18H18N2OS. The molecule has 0 aliphatic carbocycles. The molecule has 0 aliphatic rings. The van der Waals surface area contributed by atoms with Crippen LogP contribution in [0, 0.1) is 13.8 Å². The van der Waals surface area contributed by atoms with Crippen molar-refractivity contribution in [2.45, 2.75) is 30.2 Å². The van der Waals surface area contributed by atoms with E-state index >= 15 is 0 Å². The molecule has 1 aromatic heterocycles. The second-order valence-electron chi connectivity index (χ2n) is 5.36. The number of aromatic amines is 1. The van der Waals surface area contributed by atoms with Crippen molar-refractivity contribution in [2.75, 3.05) is 0 Å². The molecule has 0 saturated carbocycles. The summed E-state index contributed by atoms with van der Waals surface area (Å²) in [6.45, 7) is 4.57. The molecule has 0 aliphatic heterocycles. The monoisotopic (exact) mass is 310 g/mol. The van der Waals surface area contributed by atoms with Crippen LogP contribution in [0.4, 0.5) is 0 Å². The zero-order valence-electron chi connectivity index (χ0n) is 12.7. The Morgan fingerprint density at radius 3 is 2.36 bits per heavy atom. The predicted molar refractivity (Wildman–Crippen MR) is 90.6 cm³/mol. The van der Waals surface area contributed by atoms with Gasteiger partial charge >= 0.3 is 0 Å². The molecule has 3 nitrogen and oxygen atoms in total. The lowest BCUT2D eigenvalue weighted by molar-refractivity contribution is 0.656. The molecule has 0 spiro atoms. The fraction of sp³-hybridized carbons (Fsp3) is 0.167. The first-order valence-corrected chi connectivity index (χ1v) is 8.03. The predicted octanol–water partition coefficient (Wildman–Crippen LogP) is 3.99. The molecule has 112 valence electrons. The van der Waals surface area contributed by atoms with Crippen molar-refractivity contribution in [2.24, 2.45) is 0 Å². The first-order chi connectivity index (χ1) is 10.6. The third kappa shape index (κ3) is 3.17. The van der Waals surface area contributed by atoms with Crippen LogP contribution in [0.1, 0.15) is 16.8 Å². The van der Waals surface area contributed by atoms with Crippen LogP contribution in [-0.2, 0) is 6.54 Å². The summed E-state index contributed by atoms with van der Waals surface area (Å²) in [6.07, 6.45) is 0. The average Bonchev–Trinajstić information content (AvgIpc) is 2.78. The number of H-pyrrole nitrogens is 1. The van der Waals surface area contributed by atoms with Crippen molar-refractivity contribution < 1.29 is 0 Å². The number of rotatable bonds is 4. The summed E-state index contributed by atoms with van der Waals surface area (Å²) in [5.74, 6) is 0. The molecule has 0 amide bonds. The average molecular weight is 310 g/mol. The summed E-state index contributed by atoms with van der Waals surface area (Å²) in [4.78, 5) is 14.4. The second kappa shape index (κ2) is 6.28. The van der Waals surface area contributed by atoms with Crippen LogP contribution in [0.15, 0.2) is 69.2 Å². The molecule has 0 radical (unpaired) electrons. The van der Waals surface area contributed by atoms with Crippen molar-refractivity contribution >= 4 is 11.8 Å². The number of nitrogens with zero attached hydrogens (tertiary/aromatic N) is 1. The van der Waals surface area contributed by atoms with Gasteiger partial charge in [0.15, 0.2) is 0 Å². The molecule has 0 bridgehead atoms. The third-order valence-electron chi connectivity index (χ3n) is 3.51. The van der Waals surface area contributed by atoms with Crippen molar-refractivity contribution in [1.82, 2.24) is 9.78 Å². The standard InChI is InChI=1S/C18H18N2OS/c1-13-8-10-16(11-9-13)22-17-14(2)19-20(18(17)21)12-15-6-4-3-5-7-15/h3-11,19H,12H2,1-2H3. The second-order valence-corrected chi connectivity index (χ2v) is 6.44. The van der Waals surface area contributed by atoms with Crippen molar-refractivity contribution in [3.63, 3.8) is 0 Å². The number of benzene rings is 2. The van der Waals surface area contributed by atoms with Crippen LogP contribution < -0.4 is 5.56 Å². The van der Waals surface area contributed by atoms with E-state index in [1.165, 1.54) is 17.3 Å². The Bertz CT molecular complexity index is 817. The summed E-state index contributed by atoms with van der Waals surface area (Å²) >= 11 is 1.52. The Balaban J connectivity index is 1.87. The summed E-state index contributed by atoms with van der Waals surface area (Å²) < 4.78 is 1.67. The van der Waals surface area contributed by atoms with Gasteiger partial charge in [0.25, 0.3) is 5.56 Å². The summed E-state index contributed by atoms with van der Waals surface area (Å²) in [5, 5.41) is 3.18. The van der Waals surface area contributed by atoms with Gasteiger partial charge < -0.3 is 0 Å². The van der Waals surface area contributed by atoms with Gasteiger partial charge in [0.05, 0.1) is 11.4 Å². The number of hydrogen-bond donors (Lipinski definition) is 1. The van der Waals surface area contributed by atoms with E-state index in [0.717, 1.165) is 21.0 Å². The minimum atomic E-state index is 0.0342. The van der Waals surface area contributed by atoms with Crippen LogP contribution >= 0.6 is 11.8 Å². The minimum absolute atomic E-state index is 0.0342. The van der Waals surface area contributed by atoms with Crippen molar-refractivity contribution in [3.05, 3.63) is 81.8 Å². The molecule has 1 heterocycles. The highest BCUT2D eigenvalue weighted by Crippen LogP contribution is 2.27. The highest BCUT2D eigenvalue weighted by molar-refractivity contribution is 7.99. The van der Waals surface area contributed by atoms with Gasteiger partial charge in [0.2, 0.25) is 0 Å². The SMILES string of the molecule is Cc1ccc(Sc2c(C)[nH]n(Cc3ccccc3)c2=O)cc1. The first-order valence-electron chi connectivity index (χ1n) is 7.21. The zero-order valence-corrected chi connectivity index (χ0v) is 13.5. The Kier molecular flexibility index (Phi) is 4.20. The van der Waals surface area contributed by atoms with E-state index in [9.17, 15) is 4.79 Å². The van der Waals surface area contributed by atoms with Crippen LogP contribution in [0.3, 0.4) is 0 Å². The van der Waals surface area contributed by atoms with Crippen LogP contribution in [-0.4, -0.2) is 9.78 Å². The number of nitrogens with one attached hydrogen (secondary N) is 1. The molecule has 2 aromatic carbocycles. The van der Waals surface area contributed by atoms with E-state index in [-0.39, 0.29) is 5.56 Å². The molecule has 3 aromatic rings. The van der Waals surface area contributed by atoms with Gasteiger partial charge in [-0.15, -0.1) is 0 Å². The zero-order chi connectivity index (χ0) is 15.5. The van der Waals surface area contributed by atoms with Crippen LogP contribution in [0.2, 0.25) is 0 Å². The lowest BCUT2D eigenvalue weighted by atomic mass is 10.2. The molecule has 0 saturated heterocycles. The van der Waals surface area contributed by atoms with Gasteiger partial charge in [-0.2, -0.15) is 0 Å². The van der Waals surface area contributed by atoms with E-state index < -0.39 is 0 Å². The summed E-state index contributed by atoms with van der Waals surface area (Å²) in [5.41, 5.74) is 3.27. The maximum absolute atomic E-state index is 12.6. The van der Waals surface area contributed by atoms with Crippen molar-refractivity contribution in [1.29, 1.82) is 0 Å². The van der Waals surface area contributed by atoms with E-state index in [1.54, 1.807) is 4.68 Å². The molecule has 0 unspecified atom stereocenters. The molecule has 0 fully saturated rings. The topological polar surface area (TPSA) is 37.8 Å². The lowest BCUT2D eigenvalue weighted by Gasteiger charge is -2.01. The van der Waals surface area contributed by atoms with Crippen LogP contribution in [0.5, 0.6) is 0 Å². The maximum Gasteiger partial charge on any atom is 0.281 e. The fourth-order valence-electron chi connectivity index (χ4n) is 2.31. The van der Waals surface area contributed by atoms with Crippen LogP contribution in [0.25, 0.3) is 0 Å². The lowest BCUT2D eigenvalue weighted by Crippen LogP contribution is -2.18. The molecule has 4 heteroatoms. The highest BCUT2D eigenvalue weighted by Gasteiger charge is 2.12. The van der Waals surface area contributed by atoms with Crippen molar-refractivity contribution in [3.8, 4) is 0 Å². The Morgan fingerprint density at radius 2 is 1.68 bits per heavy atom. The smallest absolute Gasteiger partial charge is 0.281 e. The Hall–Kier alpha value is -2.20. The largest absolute Gasteiger partial charge is 0.299 e. The van der Waals surface area contributed by atoms with Gasteiger partial charge in [-0.1, -0.05) is 59.8 Å². The van der Waals surface area contributed by atoms with Gasteiger partial charge in [-0.05, 0) is 31.5 Å². The van der Waals surface area contributed by atoms with Gasteiger partial charge in [-0.25, -0.2) is 4.68 Å². The number of aromatic nitrogens is 2. The highest BCUT2D eigenvalue weighted by atomic mass is 32.2. The van der Waals surface area contributed by atoms with E-state index in [0.29, 0.717) is 6.54 Å². The van der Waals surface area contributed by atoms with Gasteiger partial charge in [0.1, 0.15) is 0 Å². The Labute approximate surface area is 134 Å². The molecule has 3 rings (SSSR count). The van der Waals surface area contributed by atoms with E-state index in [4.69, 9.17) is 0 Å². The van der Waals surface area contributed by atoms with E-state index in [2.05, 4.69) is 24.2 Å². The first kappa shape index (κ1) is 14.7. The number of aryl methyl sites for hydroxylation is 2. The molecule has 0 atom stereocenters. The number of hydrogen-bond acceptors (Lipinski definition) is 2. The van der Waals surface area contributed by atoms with Gasteiger partial charge in [-0.3, -0.25) is 9.89 Å². The normalized spacial score (nSPS) is 10.8. The van der Waals surface area contributed by atoms with Gasteiger partial charge in [0, 0.05) is 10.6 Å². The molecule has 22 heavy (non-hydrogen) atoms. The maximum atomic E-state index is 12.6. The summed E-state index contributed by atoms with van der Waals surface area (Å²) in [6, 6.07) is 18.2. The molecule has 1 N–H and O–H groups in total. The van der Waals surface area contributed by atoms with E-state index in [1.807, 2.05) is 49.4 Å². The fourth-order valence-corrected chi connectivity index (χ4v) is 3.21. The minimum Gasteiger partial charge on any atom is -0.299 e. The third-order valence-corrected chi connectivity index (χ3v) is 4.70. The summed E-state index contributed by atoms with van der Waals surface area (Å²) in [7, 11) is 0.